The van der Waals surface area contributed by atoms with Crippen molar-refractivity contribution in [2.24, 2.45) is 5.92 Å². The van der Waals surface area contributed by atoms with Crippen molar-refractivity contribution in [2.45, 2.75) is 45.6 Å². The topological polar surface area (TPSA) is 29.1 Å². The monoisotopic (exact) mass is 229 g/mol. The van der Waals surface area contributed by atoms with Crippen LogP contribution < -0.4 is 5.32 Å². The van der Waals surface area contributed by atoms with Crippen molar-refractivity contribution in [3.63, 3.8) is 0 Å². The van der Waals surface area contributed by atoms with Crippen LogP contribution >= 0.6 is 11.8 Å². The van der Waals surface area contributed by atoms with Gasteiger partial charge in [-0.3, -0.25) is 4.79 Å². The summed E-state index contributed by atoms with van der Waals surface area (Å²) in [6.07, 6.45) is 3.80. The van der Waals surface area contributed by atoms with E-state index in [1.165, 1.54) is 5.75 Å². The molecule has 1 atom stereocenters. The normalized spacial score (nSPS) is 21.9. The number of carbonyl (C=O) groups is 1. The maximum absolute atomic E-state index is 11.8. The molecule has 1 heterocycles. The molecule has 0 aliphatic carbocycles. The Hall–Kier alpha value is -0.0200. The fourth-order valence-electron chi connectivity index (χ4n) is 2.01. The molecule has 1 aliphatic rings. The van der Waals surface area contributed by atoms with E-state index in [2.05, 4.69) is 19.2 Å². The van der Waals surface area contributed by atoms with Crippen molar-refractivity contribution in [1.82, 2.24) is 5.32 Å². The van der Waals surface area contributed by atoms with Crippen LogP contribution in [0.2, 0.25) is 0 Å². The molecule has 0 spiro atoms. The van der Waals surface area contributed by atoms with E-state index >= 15 is 0 Å². The Morgan fingerprint density at radius 3 is 2.73 bits per heavy atom. The van der Waals surface area contributed by atoms with Gasteiger partial charge in [0.2, 0.25) is 0 Å². The molecule has 2 nitrogen and oxygen atoms in total. The van der Waals surface area contributed by atoms with Gasteiger partial charge in [0.25, 0.3) is 0 Å². The van der Waals surface area contributed by atoms with Crippen LogP contribution in [-0.2, 0) is 4.79 Å². The Morgan fingerprint density at radius 1 is 1.47 bits per heavy atom. The van der Waals surface area contributed by atoms with Crippen LogP contribution in [0.5, 0.6) is 0 Å². The molecule has 0 aromatic carbocycles. The van der Waals surface area contributed by atoms with Crippen LogP contribution in [0.4, 0.5) is 0 Å². The van der Waals surface area contributed by atoms with E-state index in [4.69, 9.17) is 0 Å². The van der Waals surface area contributed by atoms with E-state index in [0.29, 0.717) is 17.7 Å². The summed E-state index contributed by atoms with van der Waals surface area (Å²) in [5.41, 5.74) is 0. The number of hydrogen-bond donors (Lipinski definition) is 1. The number of ketones is 1. The molecule has 3 heteroatoms. The highest BCUT2D eigenvalue weighted by Gasteiger charge is 2.18. The van der Waals surface area contributed by atoms with Crippen molar-refractivity contribution < 1.29 is 4.79 Å². The zero-order chi connectivity index (χ0) is 11.1. The molecule has 0 aromatic rings. The van der Waals surface area contributed by atoms with Gasteiger partial charge in [-0.05, 0) is 5.92 Å². The molecule has 0 bridgehead atoms. The predicted octanol–water partition coefficient (Wildman–Crippen LogP) is 2.48. The Bertz CT molecular complexity index is 186. The SMILES string of the molecule is CCC(CC)CC(=O)CC1CSCCN1. The number of carbonyl (C=O) groups excluding carboxylic acids is 1. The van der Waals surface area contributed by atoms with Crippen molar-refractivity contribution in [3.8, 4) is 0 Å². The molecule has 88 valence electrons. The van der Waals surface area contributed by atoms with Crippen LogP contribution in [0, 0.1) is 5.92 Å². The fraction of sp³-hybridized carbons (Fsp3) is 0.917. The lowest BCUT2D eigenvalue weighted by Crippen LogP contribution is -2.39. The highest BCUT2D eigenvalue weighted by molar-refractivity contribution is 7.99. The van der Waals surface area contributed by atoms with Gasteiger partial charge in [-0.15, -0.1) is 0 Å². The van der Waals surface area contributed by atoms with Gasteiger partial charge in [0.15, 0.2) is 0 Å². The first-order chi connectivity index (χ1) is 7.26. The summed E-state index contributed by atoms with van der Waals surface area (Å²) < 4.78 is 0. The van der Waals surface area contributed by atoms with Gasteiger partial charge in [0.1, 0.15) is 5.78 Å². The van der Waals surface area contributed by atoms with Crippen LogP contribution in [0.15, 0.2) is 0 Å². The largest absolute Gasteiger partial charge is 0.312 e. The summed E-state index contributed by atoms with van der Waals surface area (Å²) in [6.45, 7) is 5.42. The minimum Gasteiger partial charge on any atom is -0.312 e. The van der Waals surface area contributed by atoms with E-state index in [1.807, 2.05) is 11.8 Å². The van der Waals surface area contributed by atoms with E-state index < -0.39 is 0 Å². The third-order valence-electron chi connectivity index (χ3n) is 3.14. The van der Waals surface area contributed by atoms with Crippen molar-refractivity contribution in [3.05, 3.63) is 0 Å². The Labute approximate surface area is 97.6 Å². The molecule has 1 saturated heterocycles. The summed E-state index contributed by atoms with van der Waals surface area (Å²) in [5, 5.41) is 3.42. The first kappa shape index (κ1) is 13.0. The van der Waals surface area contributed by atoms with Crippen LogP contribution in [0.3, 0.4) is 0 Å². The molecular formula is C12H23NOS. The summed E-state index contributed by atoms with van der Waals surface area (Å²) in [6, 6.07) is 0.436. The second-order valence-corrected chi connectivity index (χ2v) is 5.51. The molecule has 0 amide bonds. The Balaban J connectivity index is 2.21. The second-order valence-electron chi connectivity index (χ2n) is 4.36. The number of Topliss-reactive ketones (excluding diaryl/α,β-unsaturated/α-hetero) is 1. The second kappa shape index (κ2) is 7.29. The highest BCUT2D eigenvalue weighted by Crippen LogP contribution is 2.16. The average Bonchev–Trinajstić information content (AvgIpc) is 2.27. The quantitative estimate of drug-likeness (QED) is 0.758. The highest BCUT2D eigenvalue weighted by atomic mass is 32.2. The van der Waals surface area contributed by atoms with Crippen LogP contribution in [0.25, 0.3) is 0 Å². The van der Waals surface area contributed by atoms with Crippen LogP contribution in [-0.4, -0.2) is 29.9 Å². The van der Waals surface area contributed by atoms with E-state index in [9.17, 15) is 4.79 Å². The number of hydrogen-bond acceptors (Lipinski definition) is 3. The van der Waals surface area contributed by atoms with E-state index in [0.717, 1.165) is 38.0 Å². The third kappa shape index (κ3) is 5.03. The standard InChI is InChI=1S/C12H23NOS/c1-3-10(4-2)7-12(14)8-11-9-15-6-5-13-11/h10-11,13H,3-9H2,1-2H3. The lowest BCUT2D eigenvalue weighted by Gasteiger charge is -2.23. The lowest BCUT2D eigenvalue weighted by atomic mass is 9.94. The fourth-order valence-corrected chi connectivity index (χ4v) is 2.96. The minimum absolute atomic E-state index is 0.436. The van der Waals surface area contributed by atoms with Gasteiger partial charge < -0.3 is 5.32 Å². The summed E-state index contributed by atoms with van der Waals surface area (Å²) in [5.74, 6) is 3.35. The van der Waals surface area contributed by atoms with Crippen LogP contribution in [0.1, 0.15) is 39.5 Å². The van der Waals surface area contributed by atoms with E-state index in [1.54, 1.807) is 0 Å². The molecule has 1 fully saturated rings. The lowest BCUT2D eigenvalue weighted by molar-refractivity contribution is -0.120. The Kier molecular flexibility index (Phi) is 6.34. The van der Waals surface area contributed by atoms with Gasteiger partial charge in [0, 0.05) is 36.9 Å². The number of thioether (sulfide) groups is 1. The first-order valence-corrected chi connectivity index (χ1v) is 7.24. The van der Waals surface area contributed by atoms with Crippen molar-refractivity contribution in [2.75, 3.05) is 18.1 Å². The molecule has 0 saturated carbocycles. The molecule has 1 N–H and O–H groups in total. The molecule has 1 aliphatic heterocycles. The summed E-state index contributed by atoms with van der Waals surface area (Å²) >= 11 is 1.96. The predicted molar refractivity (Wildman–Crippen MR) is 67.4 cm³/mol. The van der Waals surface area contributed by atoms with Gasteiger partial charge in [0.05, 0.1) is 0 Å². The summed E-state index contributed by atoms with van der Waals surface area (Å²) in [4.78, 5) is 11.8. The molecule has 15 heavy (non-hydrogen) atoms. The molecular weight excluding hydrogens is 206 g/mol. The first-order valence-electron chi connectivity index (χ1n) is 6.09. The van der Waals surface area contributed by atoms with Gasteiger partial charge in [-0.25, -0.2) is 0 Å². The maximum Gasteiger partial charge on any atom is 0.134 e. The molecule has 0 aromatic heterocycles. The van der Waals surface area contributed by atoms with Gasteiger partial charge >= 0.3 is 0 Å². The number of nitrogens with one attached hydrogen (secondary N) is 1. The smallest absolute Gasteiger partial charge is 0.134 e. The van der Waals surface area contributed by atoms with Gasteiger partial charge in [-0.1, -0.05) is 26.7 Å². The maximum atomic E-state index is 11.8. The zero-order valence-corrected chi connectivity index (χ0v) is 10.7. The van der Waals surface area contributed by atoms with E-state index in [-0.39, 0.29) is 0 Å². The summed E-state index contributed by atoms with van der Waals surface area (Å²) in [7, 11) is 0. The average molecular weight is 229 g/mol. The minimum atomic E-state index is 0.436. The van der Waals surface area contributed by atoms with Gasteiger partial charge in [-0.2, -0.15) is 11.8 Å². The molecule has 0 radical (unpaired) electrons. The zero-order valence-electron chi connectivity index (χ0n) is 9.92. The third-order valence-corrected chi connectivity index (χ3v) is 4.27. The molecule has 1 unspecified atom stereocenters. The van der Waals surface area contributed by atoms with Crippen molar-refractivity contribution in [1.29, 1.82) is 0 Å². The van der Waals surface area contributed by atoms with Crippen molar-refractivity contribution >= 4 is 17.5 Å². The molecule has 1 rings (SSSR count). The number of rotatable bonds is 6. The Morgan fingerprint density at radius 2 is 2.20 bits per heavy atom.